The largest absolute Gasteiger partial charge is 0.356 e. The number of likely N-dealkylation sites (N-methyl/N-ethyl adjacent to an activating group) is 1. The van der Waals surface area contributed by atoms with Crippen LogP contribution in [0.25, 0.3) is 0 Å². The lowest BCUT2D eigenvalue weighted by atomic mass is 10.2. The average molecular weight is 350 g/mol. The molecule has 0 saturated carbocycles. The highest BCUT2D eigenvalue weighted by molar-refractivity contribution is 5.79. The summed E-state index contributed by atoms with van der Waals surface area (Å²) < 4.78 is 1.93. The van der Waals surface area contributed by atoms with Crippen molar-refractivity contribution >= 4 is 5.96 Å². The number of aromatic nitrogens is 2. The summed E-state index contributed by atoms with van der Waals surface area (Å²) in [6, 6.07) is 0. The highest BCUT2D eigenvalue weighted by atomic mass is 15.3. The molecule has 2 N–H and O–H groups in total. The van der Waals surface area contributed by atoms with Crippen LogP contribution in [0.3, 0.4) is 0 Å². The van der Waals surface area contributed by atoms with Crippen molar-refractivity contribution in [3.05, 3.63) is 17.0 Å². The Morgan fingerprint density at radius 3 is 2.60 bits per heavy atom. The molecule has 0 radical (unpaired) electrons. The maximum Gasteiger partial charge on any atom is 0.191 e. The molecule has 1 aliphatic rings. The van der Waals surface area contributed by atoms with Crippen LogP contribution in [0.2, 0.25) is 0 Å². The summed E-state index contributed by atoms with van der Waals surface area (Å²) in [5.41, 5.74) is 3.53. The van der Waals surface area contributed by atoms with Crippen LogP contribution in [0, 0.1) is 13.8 Å². The van der Waals surface area contributed by atoms with Crippen molar-refractivity contribution in [1.82, 2.24) is 30.2 Å². The lowest BCUT2D eigenvalue weighted by molar-refractivity contribution is 0.274. The van der Waals surface area contributed by atoms with Crippen LogP contribution in [0.15, 0.2) is 4.99 Å². The monoisotopic (exact) mass is 349 g/mol. The van der Waals surface area contributed by atoms with Gasteiger partial charge in [-0.05, 0) is 53.4 Å². The first kappa shape index (κ1) is 19.7. The molecule has 1 aliphatic heterocycles. The zero-order valence-electron chi connectivity index (χ0n) is 16.6. The van der Waals surface area contributed by atoms with Gasteiger partial charge in [0.1, 0.15) is 0 Å². The number of rotatable bonds is 6. The number of aliphatic imine (C=N–C) groups is 1. The minimum atomic E-state index is 0.754. The molecule has 7 heteroatoms. The summed E-state index contributed by atoms with van der Waals surface area (Å²) in [5, 5.41) is 11.3. The van der Waals surface area contributed by atoms with Crippen molar-refractivity contribution in [2.45, 2.75) is 33.2 Å². The standard InChI is InChI=1S/C18H35N7/c1-15-17(16(2)24(5)22-15)14-21-18(19-3)20-8-6-10-25-11-7-9-23(4)12-13-25/h6-14H2,1-5H3,(H2,19,20,21). The number of hydrogen-bond donors (Lipinski definition) is 2. The van der Waals surface area contributed by atoms with E-state index in [0.717, 1.165) is 37.7 Å². The second-order valence-electron chi connectivity index (χ2n) is 6.98. The van der Waals surface area contributed by atoms with Crippen LogP contribution in [0.5, 0.6) is 0 Å². The Hall–Kier alpha value is -1.60. The van der Waals surface area contributed by atoms with Gasteiger partial charge in [-0.25, -0.2) is 0 Å². The molecule has 2 heterocycles. The van der Waals surface area contributed by atoms with Gasteiger partial charge >= 0.3 is 0 Å². The Kier molecular flexibility index (Phi) is 7.71. The predicted molar refractivity (Wildman–Crippen MR) is 104 cm³/mol. The van der Waals surface area contributed by atoms with Crippen LogP contribution in [-0.2, 0) is 13.6 Å². The lowest BCUT2D eigenvalue weighted by Gasteiger charge is -2.20. The van der Waals surface area contributed by atoms with Crippen LogP contribution >= 0.6 is 0 Å². The molecule has 0 spiro atoms. The zero-order chi connectivity index (χ0) is 18.2. The molecule has 0 bridgehead atoms. The average Bonchev–Trinajstić information content (AvgIpc) is 2.74. The van der Waals surface area contributed by atoms with E-state index < -0.39 is 0 Å². The molecule has 1 aromatic rings. The van der Waals surface area contributed by atoms with Crippen LogP contribution in [0.4, 0.5) is 0 Å². The fourth-order valence-electron chi connectivity index (χ4n) is 3.30. The topological polar surface area (TPSA) is 60.7 Å². The van der Waals surface area contributed by atoms with E-state index in [0.29, 0.717) is 0 Å². The van der Waals surface area contributed by atoms with Gasteiger partial charge in [-0.2, -0.15) is 5.10 Å². The van der Waals surface area contributed by atoms with Gasteiger partial charge in [0.15, 0.2) is 5.96 Å². The van der Waals surface area contributed by atoms with Gasteiger partial charge in [0.25, 0.3) is 0 Å². The van der Waals surface area contributed by atoms with Gasteiger partial charge in [0.05, 0.1) is 5.69 Å². The first-order chi connectivity index (χ1) is 12.0. The Labute approximate surface area is 152 Å². The van der Waals surface area contributed by atoms with E-state index in [1.54, 1.807) is 0 Å². The molecule has 2 rings (SSSR count). The van der Waals surface area contributed by atoms with Gasteiger partial charge in [0.2, 0.25) is 0 Å². The molecule has 1 aromatic heterocycles. The smallest absolute Gasteiger partial charge is 0.191 e. The van der Waals surface area contributed by atoms with E-state index >= 15 is 0 Å². The first-order valence-electron chi connectivity index (χ1n) is 9.35. The fraction of sp³-hybridized carbons (Fsp3) is 0.778. The van der Waals surface area contributed by atoms with E-state index in [1.807, 2.05) is 18.8 Å². The lowest BCUT2D eigenvalue weighted by Crippen LogP contribution is -2.39. The number of nitrogens with zero attached hydrogens (tertiary/aromatic N) is 5. The SMILES string of the molecule is CN=C(NCCCN1CCCN(C)CC1)NCc1c(C)nn(C)c1C. The molecule has 25 heavy (non-hydrogen) atoms. The van der Waals surface area contributed by atoms with E-state index in [1.165, 1.54) is 43.9 Å². The van der Waals surface area contributed by atoms with Crippen molar-refractivity contribution < 1.29 is 0 Å². The quantitative estimate of drug-likeness (QED) is 0.450. The molecule has 0 unspecified atom stereocenters. The summed E-state index contributed by atoms with van der Waals surface area (Å²) in [6.07, 6.45) is 2.41. The minimum absolute atomic E-state index is 0.754. The number of hydrogen-bond acceptors (Lipinski definition) is 4. The van der Waals surface area contributed by atoms with E-state index in [4.69, 9.17) is 0 Å². The third kappa shape index (κ3) is 6.01. The van der Waals surface area contributed by atoms with E-state index in [9.17, 15) is 0 Å². The minimum Gasteiger partial charge on any atom is -0.356 e. The Morgan fingerprint density at radius 1 is 1.12 bits per heavy atom. The van der Waals surface area contributed by atoms with Crippen molar-refractivity contribution in [3.8, 4) is 0 Å². The van der Waals surface area contributed by atoms with Crippen LogP contribution < -0.4 is 10.6 Å². The molecule has 0 aromatic carbocycles. The highest BCUT2D eigenvalue weighted by Gasteiger charge is 2.12. The Bertz CT molecular complexity index is 564. The van der Waals surface area contributed by atoms with Crippen LogP contribution in [0.1, 0.15) is 29.8 Å². The molecule has 142 valence electrons. The predicted octanol–water partition coefficient (Wildman–Crippen LogP) is 0.730. The molecule has 7 nitrogen and oxygen atoms in total. The van der Waals surface area contributed by atoms with Gasteiger partial charge < -0.3 is 20.4 Å². The number of nitrogens with one attached hydrogen (secondary N) is 2. The summed E-state index contributed by atoms with van der Waals surface area (Å²) >= 11 is 0. The van der Waals surface area contributed by atoms with Gasteiger partial charge in [0, 0.05) is 51.5 Å². The van der Waals surface area contributed by atoms with Gasteiger partial charge in [-0.15, -0.1) is 0 Å². The van der Waals surface area contributed by atoms with E-state index in [-0.39, 0.29) is 0 Å². The normalized spacial score (nSPS) is 17.6. The third-order valence-corrected chi connectivity index (χ3v) is 5.07. The summed E-state index contributed by atoms with van der Waals surface area (Å²) in [7, 11) is 6.02. The number of aryl methyl sites for hydroxylation is 2. The third-order valence-electron chi connectivity index (χ3n) is 5.07. The second kappa shape index (κ2) is 9.77. The fourth-order valence-corrected chi connectivity index (χ4v) is 3.30. The van der Waals surface area contributed by atoms with Gasteiger partial charge in [-0.3, -0.25) is 9.67 Å². The second-order valence-corrected chi connectivity index (χ2v) is 6.98. The Morgan fingerprint density at radius 2 is 1.92 bits per heavy atom. The summed E-state index contributed by atoms with van der Waals surface area (Å²) in [4.78, 5) is 9.32. The highest BCUT2D eigenvalue weighted by Crippen LogP contribution is 2.11. The molecule has 0 atom stereocenters. The van der Waals surface area contributed by atoms with Gasteiger partial charge in [-0.1, -0.05) is 0 Å². The number of guanidine groups is 1. The van der Waals surface area contributed by atoms with Crippen molar-refractivity contribution in [2.75, 3.05) is 53.4 Å². The van der Waals surface area contributed by atoms with Crippen LogP contribution in [-0.4, -0.2) is 78.9 Å². The maximum atomic E-state index is 4.46. The summed E-state index contributed by atoms with van der Waals surface area (Å²) in [5.74, 6) is 0.859. The Balaban J connectivity index is 1.68. The molecule has 1 saturated heterocycles. The molecule has 0 aliphatic carbocycles. The van der Waals surface area contributed by atoms with E-state index in [2.05, 4.69) is 51.4 Å². The molecule has 1 fully saturated rings. The zero-order valence-corrected chi connectivity index (χ0v) is 16.6. The maximum absolute atomic E-state index is 4.46. The first-order valence-corrected chi connectivity index (χ1v) is 9.35. The van der Waals surface area contributed by atoms with Crippen molar-refractivity contribution in [2.24, 2.45) is 12.0 Å². The van der Waals surface area contributed by atoms with Crippen molar-refractivity contribution in [3.63, 3.8) is 0 Å². The van der Waals surface area contributed by atoms with Crippen molar-refractivity contribution in [1.29, 1.82) is 0 Å². The molecular weight excluding hydrogens is 314 g/mol. The summed E-state index contributed by atoms with van der Waals surface area (Å²) in [6.45, 7) is 11.8. The molecular formula is C18H35N7. The molecule has 0 amide bonds.